The number of rotatable bonds is 4. The Kier molecular flexibility index (Phi) is 5.83. The number of benzene rings is 2. The molecule has 0 unspecified atom stereocenters. The monoisotopic (exact) mass is 341 g/mol. The van der Waals surface area contributed by atoms with E-state index < -0.39 is 0 Å². The lowest BCUT2D eigenvalue weighted by molar-refractivity contribution is -0.111. The zero-order valence-electron chi connectivity index (χ0n) is 12.8. The van der Waals surface area contributed by atoms with Crippen LogP contribution in [0, 0.1) is 0 Å². The van der Waals surface area contributed by atoms with E-state index in [0.29, 0.717) is 4.58 Å². The molecule has 0 saturated carbocycles. The maximum atomic E-state index is 12.1. The summed E-state index contributed by atoms with van der Waals surface area (Å²) in [6.07, 6.45) is 4.69. The van der Waals surface area contributed by atoms with Crippen molar-refractivity contribution in [1.82, 2.24) is 0 Å². The summed E-state index contributed by atoms with van der Waals surface area (Å²) in [6.45, 7) is 0. The molecule has 0 atom stereocenters. The molecule has 118 valence electrons. The van der Waals surface area contributed by atoms with Crippen LogP contribution < -0.4 is 5.32 Å². The van der Waals surface area contributed by atoms with Crippen LogP contribution >= 0.6 is 23.5 Å². The van der Waals surface area contributed by atoms with Crippen molar-refractivity contribution in [2.75, 3.05) is 16.8 Å². The molecule has 2 aromatic rings. The van der Waals surface area contributed by atoms with Crippen LogP contribution in [0.5, 0.6) is 0 Å². The van der Waals surface area contributed by atoms with Crippen molar-refractivity contribution < 1.29 is 4.79 Å². The van der Waals surface area contributed by atoms with Crippen LogP contribution in [0.15, 0.2) is 60.7 Å². The Balaban J connectivity index is 1.63. The molecule has 0 aliphatic carbocycles. The van der Waals surface area contributed by atoms with E-state index in [1.54, 1.807) is 6.08 Å². The molecular weight excluding hydrogens is 322 g/mol. The summed E-state index contributed by atoms with van der Waals surface area (Å²) in [6, 6.07) is 18.0. The first kappa shape index (κ1) is 16.2. The highest BCUT2D eigenvalue weighted by Gasteiger charge is 2.16. The first-order valence-corrected chi connectivity index (χ1v) is 9.78. The number of carbonyl (C=O) groups excluding carboxylic acids is 1. The molecule has 23 heavy (non-hydrogen) atoms. The second kappa shape index (κ2) is 8.27. The van der Waals surface area contributed by atoms with Gasteiger partial charge in [0.1, 0.15) is 0 Å². The molecule has 0 spiro atoms. The standard InChI is InChI=1S/C19H19NOS2/c21-18(11-10-15-6-2-1-3-7-15)20-17-9-4-8-16(14-17)19-22-12-5-13-23-19/h1-4,6-11,14,19H,5,12-13H2,(H,20,21)/b11-10+. The third-order valence-electron chi connectivity index (χ3n) is 3.48. The Morgan fingerprint density at radius 1 is 1.04 bits per heavy atom. The maximum absolute atomic E-state index is 12.1. The third-order valence-corrected chi connectivity index (χ3v) is 6.50. The van der Waals surface area contributed by atoms with Crippen LogP contribution in [0.25, 0.3) is 6.08 Å². The fraction of sp³-hybridized carbons (Fsp3) is 0.211. The van der Waals surface area contributed by atoms with E-state index in [0.717, 1.165) is 11.3 Å². The molecule has 2 nitrogen and oxygen atoms in total. The van der Waals surface area contributed by atoms with Crippen molar-refractivity contribution in [1.29, 1.82) is 0 Å². The van der Waals surface area contributed by atoms with Crippen molar-refractivity contribution in [2.45, 2.75) is 11.0 Å². The number of anilines is 1. The summed E-state index contributed by atoms with van der Waals surface area (Å²) in [4.78, 5) is 12.1. The van der Waals surface area contributed by atoms with Gasteiger partial charge in [-0.2, -0.15) is 0 Å². The van der Waals surface area contributed by atoms with E-state index in [1.165, 1.54) is 23.5 Å². The van der Waals surface area contributed by atoms with Gasteiger partial charge >= 0.3 is 0 Å². The number of nitrogens with one attached hydrogen (secondary N) is 1. The second-order valence-corrected chi connectivity index (χ2v) is 8.01. The molecule has 1 aliphatic heterocycles. The van der Waals surface area contributed by atoms with E-state index >= 15 is 0 Å². The van der Waals surface area contributed by atoms with Crippen molar-refractivity contribution in [3.63, 3.8) is 0 Å². The van der Waals surface area contributed by atoms with Gasteiger partial charge in [-0.15, -0.1) is 23.5 Å². The lowest BCUT2D eigenvalue weighted by Gasteiger charge is -2.21. The van der Waals surface area contributed by atoms with Gasteiger partial charge in [0.15, 0.2) is 0 Å². The van der Waals surface area contributed by atoms with Gasteiger partial charge in [0.05, 0.1) is 4.58 Å². The number of thioether (sulfide) groups is 2. The maximum Gasteiger partial charge on any atom is 0.248 e. The number of carbonyl (C=O) groups is 1. The van der Waals surface area contributed by atoms with Gasteiger partial charge < -0.3 is 5.32 Å². The first-order valence-electron chi connectivity index (χ1n) is 7.68. The van der Waals surface area contributed by atoms with Crippen molar-refractivity contribution in [3.05, 3.63) is 71.8 Å². The molecule has 1 N–H and O–H groups in total. The largest absolute Gasteiger partial charge is 0.323 e. The molecular formula is C19H19NOS2. The van der Waals surface area contributed by atoms with E-state index in [4.69, 9.17) is 0 Å². The molecule has 3 rings (SSSR count). The lowest BCUT2D eigenvalue weighted by atomic mass is 10.2. The van der Waals surface area contributed by atoms with Gasteiger partial charge in [-0.05, 0) is 47.3 Å². The molecule has 4 heteroatoms. The zero-order valence-corrected chi connectivity index (χ0v) is 14.4. The topological polar surface area (TPSA) is 29.1 Å². The van der Waals surface area contributed by atoms with Crippen LogP contribution in [-0.4, -0.2) is 17.4 Å². The molecule has 0 aromatic heterocycles. The Bertz CT molecular complexity index is 679. The van der Waals surface area contributed by atoms with E-state index in [9.17, 15) is 4.79 Å². The van der Waals surface area contributed by atoms with Gasteiger partial charge in [0.25, 0.3) is 0 Å². The summed E-state index contributed by atoms with van der Waals surface area (Å²) in [7, 11) is 0. The number of hydrogen-bond donors (Lipinski definition) is 1. The smallest absolute Gasteiger partial charge is 0.248 e. The lowest BCUT2D eigenvalue weighted by Crippen LogP contribution is -2.08. The highest BCUT2D eigenvalue weighted by Crippen LogP contribution is 2.43. The molecule has 1 heterocycles. The van der Waals surface area contributed by atoms with Gasteiger partial charge in [0.2, 0.25) is 5.91 Å². The van der Waals surface area contributed by atoms with Crippen LogP contribution in [0.4, 0.5) is 5.69 Å². The van der Waals surface area contributed by atoms with Crippen molar-refractivity contribution in [3.8, 4) is 0 Å². The average Bonchev–Trinajstić information content (AvgIpc) is 2.62. The summed E-state index contributed by atoms with van der Waals surface area (Å²) in [5, 5.41) is 2.95. The van der Waals surface area contributed by atoms with Crippen LogP contribution in [0.1, 0.15) is 22.1 Å². The van der Waals surface area contributed by atoms with Crippen LogP contribution in [0.2, 0.25) is 0 Å². The van der Waals surface area contributed by atoms with Gasteiger partial charge in [-0.1, -0.05) is 42.5 Å². The summed E-state index contributed by atoms with van der Waals surface area (Å²) >= 11 is 3.98. The minimum Gasteiger partial charge on any atom is -0.323 e. The Labute approximate surface area is 145 Å². The summed E-state index contributed by atoms with van der Waals surface area (Å²) in [5.74, 6) is 2.33. The van der Waals surface area contributed by atoms with Crippen LogP contribution in [-0.2, 0) is 4.79 Å². The minimum atomic E-state index is -0.102. The SMILES string of the molecule is O=C(/C=C/c1ccccc1)Nc1cccc(C2SCCCS2)c1. The fourth-order valence-electron chi connectivity index (χ4n) is 2.36. The quantitative estimate of drug-likeness (QED) is 0.774. The van der Waals surface area contributed by atoms with Gasteiger partial charge in [-0.3, -0.25) is 4.79 Å². The molecule has 0 radical (unpaired) electrons. The van der Waals surface area contributed by atoms with Crippen molar-refractivity contribution >= 4 is 41.2 Å². The van der Waals surface area contributed by atoms with Crippen LogP contribution in [0.3, 0.4) is 0 Å². The second-order valence-electron chi connectivity index (χ2n) is 5.29. The van der Waals surface area contributed by atoms with E-state index in [1.807, 2.05) is 72.1 Å². The normalized spacial score (nSPS) is 15.7. The highest BCUT2D eigenvalue weighted by atomic mass is 32.2. The third kappa shape index (κ3) is 4.91. The highest BCUT2D eigenvalue weighted by molar-refractivity contribution is 8.16. The Morgan fingerprint density at radius 2 is 1.83 bits per heavy atom. The average molecular weight is 342 g/mol. The predicted molar refractivity (Wildman–Crippen MR) is 103 cm³/mol. The molecule has 0 bridgehead atoms. The summed E-state index contributed by atoms with van der Waals surface area (Å²) < 4.78 is 0.487. The molecule has 2 aromatic carbocycles. The minimum absolute atomic E-state index is 0.102. The predicted octanol–water partition coefficient (Wildman–Crippen LogP) is 5.21. The van der Waals surface area contributed by atoms with E-state index in [2.05, 4.69) is 17.4 Å². The van der Waals surface area contributed by atoms with Gasteiger partial charge in [-0.25, -0.2) is 0 Å². The Morgan fingerprint density at radius 3 is 2.61 bits per heavy atom. The zero-order chi connectivity index (χ0) is 15.9. The number of hydrogen-bond acceptors (Lipinski definition) is 3. The Hall–Kier alpha value is -1.65. The fourth-order valence-corrected chi connectivity index (χ4v) is 5.24. The molecule has 1 fully saturated rings. The van der Waals surface area contributed by atoms with Crippen molar-refractivity contribution in [2.24, 2.45) is 0 Å². The first-order chi connectivity index (χ1) is 11.3. The molecule has 1 aliphatic rings. The van der Waals surface area contributed by atoms with E-state index in [-0.39, 0.29) is 5.91 Å². The number of amides is 1. The molecule has 1 amide bonds. The molecule has 1 saturated heterocycles. The van der Waals surface area contributed by atoms with Gasteiger partial charge in [0, 0.05) is 11.8 Å². The summed E-state index contributed by atoms with van der Waals surface area (Å²) in [5.41, 5.74) is 3.16.